The molecule has 0 bridgehead atoms. The van der Waals surface area contributed by atoms with Crippen molar-refractivity contribution in [1.82, 2.24) is 19.4 Å². The lowest BCUT2D eigenvalue weighted by atomic mass is 9.97. The Hall–Kier alpha value is -3.68. The molecule has 8 heteroatoms. The predicted molar refractivity (Wildman–Crippen MR) is 132 cm³/mol. The Kier molecular flexibility index (Phi) is 6.29. The monoisotopic (exact) mass is 459 g/mol. The summed E-state index contributed by atoms with van der Waals surface area (Å²) in [5.74, 6) is 0.811. The summed E-state index contributed by atoms with van der Waals surface area (Å²) in [5.41, 5.74) is 1.46. The second-order valence-corrected chi connectivity index (χ2v) is 8.97. The van der Waals surface area contributed by atoms with E-state index in [1.165, 1.54) is 23.0 Å². The third-order valence-electron chi connectivity index (χ3n) is 6.81. The summed E-state index contributed by atoms with van der Waals surface area (Å²) in [7, 11) is 0. The highest BCUT2D eigenvalue weighted by atomic mass is 16.2. The van der Waals surface area contributed by atoms with Gasteiger partial charge >= 0.3 is 5.69 Å². The average molecular weight is 460 g/mol. The number of rotatable bonds is 5. The summed E-state index contributed by atoms with van der Waals surface area (Å²) in [6.07, 6.45) is 9.22. The van der Waals surface area contributed by atoms with E-state index in [4.69, 9.17) is 0 Å². The Morgan fingerprint density at radius 2 is 1.88 bits per heavy atom. The summed E-state index contributed by atoms with van der Waals surface area (Å²) in [5, 5.41) is 0.425. The van der Waals surface area contributed by atoms with Gasteiger partial charge in [-0.1, -0.05) is 17.7 Å². The fourth-order valence-corrected chi connectivity index (χ4v) is 4.84. The van der Waals surface area contributed by atoms with Gasteiger partial charge in [0.15, 0.2) is 0 Å². The number of aromatic nitrogens is 3. The number of fused-ring (bicyclic) bond motifs is 1. The number of allylic oxidation sites excluding steroid dienone is 2. The number of aromatic amines is 1. The van der Waals surface area contributed by atoms with E-state index in [2.05, 4.69) is 20.9 Å². The molecule has 2 aliphatic rings. The first kappa shape index (κ1) is 22.1. The van der Waals surface area contributed by atoms with E-state index in [9.17, 15) is 14.4 Å². The summed E-state index contributed by atoms with van der Waals surface area (Å²) in [6, 6.07) is 10.8. The molecule has 1 amide bonds. The molecule has 176 valence electrons. The van der Waals surface area contributed by atoms with Crippen molar-refractivity contribution < 1.29 is 4.79 Å². The number of anilines is 1. The molecule has 8 nitrogen and oxygen atoms in total. The number of piperazine rings is 1. The van der Waals surface area contributed by atoms with Crippen LogP contribution < -0.4 is 16.1 Å². The molecule has 34 heavy (non-hydrogen) atoms. The molecule has 0 unspecified atom stereocenters. The summed E-state index contributed by atoms with van der Waals surface area (Å²) in [4.78, 5) is 49.9. The molecule has 1 fully saturated rings. The number of hydrogen-bond donors (Lipinski definition) is 1. The Labute approximate surface area is 197 Å². The van der Waals surface area contributed by atoms with Crippen LogP contribution in [-0.2, 0) is 6.54 Å². The molecular formula is C26H29N5O3. The molecule has 0 spiro atoms. The Morgan fingerprint density at radius 3 is 2.62 bits per heavy atom. The van der Waals surface area contributed by atoms with E-state index in [1.54, 1.807) is 29.3 Å². The largest absolute Gasteiger partial charge is 0.353 e. The molecule has 1 aromatic carbocycles. The minimum atomic E-state index is -0.428. The Balaban J connectivity index is 1.31. The van der Waals surface area contributed by atoms with Gasteiger partial charge in [-0.15, -0.1) is 0 Å². The van der Waals surface area contributed by atoms with E-state index in [0.717, 1.165) is 25.1 Å². The third-order valence-corrected chi connectivity index (χ3v) is 6.81. The highest BCUT2D eigenvalue weighted by Crippen LogP contribution is 2.20. The Morgan fingerprint density at radius 1 is 1.03 bits per heavy atom. The minimum Gasteiger partial charge on any atom is -0.353 e. The van der Waals surface area contributed by atoms with Gasteiger partial charge in [-0.25, -0.2) is 9.78 Å². The molecule has 0 radical (unpaired) electrons. The molecule has 0 atom stereocenters. The zero-order chi connectivity index (χ0) is 23.5. The van der Waals surface area contributed by atoms with Crippen molar-refractivity contribution in [2.24, 2.45) is 0 Å². The van der Waals surface area contributed by atoms with Crippen LogP contribution in [0, 0.1) is 0 Å². The van der Waals surface area contributed by atoms with Crippen LogP contribution in [0.2, 0.25) is 0 Å². The van der Waals surface area contributed by atoms with Gasteiger partial charge in [0.2, 0.25) is 0 Å². The molecule has 3 heterocycles. The van der Waals surface area contributed by atoms with E-state index in [-0.39, 0.29) is 11.5 Å². The van der Waals surface area contributed by atoms with Gasteiger partial charge < -0.3 is 14.8 Å². The van der Waals surface area contributed by atoms with Gasteiger partial charge in [0.25, 0.3) is 11.5 Å². The number of carbonyl (C=O) groups excluding carboxylic acids is 1. The number of benzene rings is 1. The average Bonchev–Trinajstić information content (AvgIpc) is 2.89. The summed E-state index contributed by atoms with van der Waals surface area (Å²) >= 11 is 0. The van der Waals surface area contributed by atoms with Gasteiger partial charge in [-0.05, 0) is 62.4 Å². The third kappa shape index (κ3) is 4.53. The summed E-state index contributed by atoms with van der Waals surface area (Å²) in [6.45, 7) is 2.95. The number of nitrogens with zero attached hydrogens (tertiary/aromatic N) is 4. The first-order chi connectivity index (χ1) is 16.6. The number of hydrogen-bond acceptors (Lipinski definition) is 5. The predicted octanol–water partition coefficient (Wildman–Crippen LogP) is 2.94. The maximum Gasteiger partial charge on any atom is 0.328 e. The maximum atomic E-state index is 13.1. The van der Waals surface area contributed by atoms with Crippen molar-refractivity contribution in [3.63, 3.8) is 0 Å². The molecular weight excluding hydrogens is 430 g/mol. The second-order valence-electron chi connectivity index (χ2n) is 8.97. The quantitative estimate of drug-likeness (QED) is 0.593. The van der Waals surface area contributed by atoms with Crippen molar-refractivity contribution >= 4 is 22.6 Å². The van der Waals surface area contributed by atoms with Crippen LogP contribution in [0.3, 0.4) is 0 Å². The van der Waals surface area contributed by atoms with E-state index >= 15 is 0 Å². The fourth-order valence-electron chi connectivity index (χ4n) is 4.84. The van der Waals surface area contributed by atoms with Crippen LogP contribution in [0.15, 0.2) is 63.8 Å². The number of H-pyrrole nitrogens is 1. The highest BCUT2D eigenvalue weighted by Gasteiger charge is 2.23. The number of carbonyl (C=O) groups is 1. The Bertz CT molecular complexity index is 1330. The van der Waals surface area contributed by atoms with Gasteiger partial charge in [0, 0.05) is 44.5 Å². The lowest BCUT2D eigenvalue weighted by Gasteiger charge is -2.35. The SMILES string of the molecule is O=C(c1ccc2c(=O)n(CCC3=CCCCC3)c(=O)[nH]c2c1)N1CCN(c2ccccn2)CC1. The van der Waals surface area contributed by atoms with Crippen LogP contribution in [-0.4, -0.2) is 51.5 Å². The van der Waals surface area contributed by atoms with Crippen molar-refractivity contribution in [3.8, 4) is 0 Å². The van der Waals surface area contributed by atoms with Crippen molar-refractivity contribution in [3.05, 3.63) is 80.6 Å². The lowest BCUT2D eigenvalue weighted by Crippen LogP contribution is -2.49. The van der Waals surface area contributed by atoms with Crippen LogP contribution in [0.25, 0.3) is 10.9 Å². The van der Waals surface area contributed by atoms with Crippen molar-refractivity contribution in [2.75, 3.05) is 31.1 Å². The molecule has 1 saturated heterocycles. The number of pyridine rings is 1. The smallest absolute Gasteiger partial charge is 0.328 e. The minimum absolute atomic E-state index is 0.100. The normalized spacial score (nSPS) is 16.5. The lowest BCUT2D eigenvalue weighted by molar-refractivity contribution is 0.0746. The van der Waals surface area contributed by atoms with Gasteiger partial charge in [0.05, 0.1) is 10.9 Å². The molecule has 1 aliphatic carbocycles. The van der Waals surface area contributed by atoms with Crippen molar-refractivity contribution in [2.45, 2.75) is 38.6 Å². The first-order valence-electron chi connectivity index (χ1n) is 12.0. The summed E-state index contributed by atoms with van der Waals surface area (Å²) < 4.78 is 1.27. The van der Waals surface area contributed by atoms with E-state index in [1.807, 2.05) is 18.2 Å². The topological polar surface area (TPSA) is 91.3 Å². The van der Waals surface area contributed by atoms with Gasteiger partial charge in [-0.2, -0.15) is 0 Å². The molecule has 2 aromatic heterocycles. The first-order valence-corrected chi connectivity index (χ1v) is 12.0. The van der Waals surface area contributed by atoms with Gasteiger partial charge in [0.1, 0.15) is 5.82 Å². The molecule has 1 N–H and O–H groups in total. The zero-order valence-electron chi connectivity index (χ0n) is 19.2. The van der Waals surface area contributed by atoms with Crippen LogP contribution in [0.5, 0.6) is 0 Å². The standard InChI is InChI=1S/C26H29N5O3/c32-24(30-16-14-29(15-17-30)23-8-4-5-12-27-23)20-9-10-21-22(18-20)28-26(34)31(25(21)33)13-11-19-6-2-1-3-7-19/h4-6,8-10,12,18H,1-3,7,11,13-17H2,(H,28,34). The second kappa shape index (κ2) is 9.67. The molecule has 1 aliphatic heterocycles. The molecule has 3 aromatic rings. The number of amides is 1. The van der Waals surface area contributed by atoms with Gasteiger partial charge in [-0.3, -0.25) is 14.2 Å². The zero-order valence-corrected chi connectivity index (χ0v) is 19.2. The highest BCUT2D eigenvalue weighted by molar-refractivity contribution is 5.97. The van der Waals surface area contributed by atoms with Crippen LogP contribution in [0.4, 0.5) is 5.82 Å². The number of nitrogens with one attached hydrogen (secondary N) is 1. The maximum absolute atomic E-state index is 13.1. The fraction of sp³-hybridized carbons (Fsp3) is 0.385. The van der Waals surface area contributed by atoms with E-state index < -0.39 is 5.69 Å². The van der Waals surface area contributed by atoms with Crippen LogP contribution >= 0.6 is 0 Å². The van der Waals surface area contributed by atoms with Crippen LogP contribution in [0.1, 0.15) is 42.5 Å². The molecule has 0 saturated carbocycles. The van der Waals surface area contributed by atoms with E-state index in [0.29, 0.717) is 49.2 Å². The molecule has 5 rings (SSSR count). The van der Waals surface area contributed by atoms with Crippen molar-refractivity contribution in [1.29, 1.82) is 0 Å².